The summed E-state index contributed by atoms with van der Waals surface area (Å²) in [6, 6.07) is 1.85. The Morgan fingerprint density at radius 3 is 2.90 bits per heavy atom. The van der Waals surface area contributed by atoms with Gasteiger partial charge in [0.25, 0.3) is 0 Å². The highest BCUT2D eigenvalue weighted by Crippen LogP contribution is 2.41. The van der Waals surface area contributed by atoms with Crippen LogP contribution in [0.1, 0.15) is 43.5 Å². The summed E-state index contributed by atoms with van der Waals surface area (Å²) in [5, 5.41) is 13.0. The molecule has 0 aromatic carbocycles. The molecule has 3 unspecified atom stereocenters. The van der Waals surface area contributed by atoms with E-state index in [1.54, 1.807) is 17.1 Å². The van der Waals surface area contributed by atoms with E-state index < -0.39 is 10.0 Å². The van der Waals surface area contributed by atoms with E-state index in [0.29, 0.717) is 24.5 Å². The highest BCUT2D eigenvalue weighted by atomic mass is 32.2. The molecule has 0 amide bonds. The molecule has 1 fully saturated rings. The molecule has 0 bridgehead atoms. The molecule has 164 valence electrons. The monoisotopic (exact) mass is 442 g/mol. The zero-order valence-corrected chi connectivity index (χ0v) is 18.4. The van der Waals surface area contributed by atoms with Gasteiger partial charge in [-0.2, -0.15) is 5.10 Å². The van der Waals surface area contributed by atoms with E-state index in [4.69, 9.17) is 0 Å². The molecule has 1 aliphatic rings. The molecule has 1 saturated carbocycles. The lowest BCUT2D eigenvalue weighted by Gasteiger charge is -2.16. The molecule has 4 heterocycles. The number of nitrogens with zero attached hydrogens (tertiary/aromatic N) is 6. The molecule has 0 saturated heterocycles. The Morgan fingerprint density at radius 2 is 2.13 bits per heavy atom. The number of fused-ring (bicyclic) bond motifs is 3. The van der Waals surface area contributed by atoms with E-state index in [2.05, 4.69) is 36.9 Å². The molecular weight excluding hydrogens is 416 g/mol. The molecule has 4 aromatic rings. The lowest BCUT2D eigenvalue weighted by atomic mass is 9.93. The first-order valence-corrected chi connectivity index (χ1v) is 12.2. The van der Waals surface area contributed by atoms with Crippen LogP contribution in [0.3, 0.4) is 0 Å². The zero-order chi connectivity index (χ0) is 21.6. The second kappa shape index (κ2) is 7.72. The number of aromatic nitrogens is 7. The number of aromatic amines is 1. The van der Waals surface area contributed by atoms with Gasteiger partial charge in [0.1, 0.15) is 5.82 Å². The van der Waals surface area contributed by atoms with Gasteiger partial charge in [-0.1, -0.05) is 13.3 Å². The Morgan fingerprint density at radius 1 is 1.26 bits per heavy atom. The van der Waals surface area contributed by atoms with E-state index in [-0.39, 0.29) is 17.7 Å². The van der Waals surface area contributed by atoms with E-state index in [1.807, 2.05) is 29.8 Å². The highest BCUT2D eigenvalue weighted by molar-refractivity contribution is 7.89. The minimum atomic E-state index is -3.41. The summed E-state index contributed by atoms with van der Waals surface area (Å²) < 4.78 is 32.1. The summed E-state index contributed by atoms with van der Waals surface area (Å²) >= 11 is 0. The highest BCUT2D eigenvalue weighted by Gasteiger charge is 2.38. The van der Waals surface area contributed by atoms with Crippen LogP contribution in [0.4, 0.5) is 0 Å². The van der Waals surface area contributed by atoms with Crippen molar-refractivity contribution in [1.82, 2.24) is 39.1 Å². The summed E-state index contributed by atoms with van der Waals surface area (Å²) in [4.78, 5) is 7.51. The van der Waals surface area contributed by atoms with E-state index in [1.165, 1.54) is 0 Å². The SMILES string of the molecule is CCC1CC(NS(=O)(=O)CCn2cc(C)cn2)CC1c1nnc2cnc3[nH]ccc3n12. The molecular formula is C20H26N8O2S. The summed E-state index contributed by atoms with van der Waals surface area (Å²) in [6.07, 6.45) is 9.58. The van der Waals surface area contributed by atoms with Crippen molar-refractivity contribution in [2.24, 2.45) is 5.92 Å². The van der Waals surface area contributed by atoms with Crippen molar-refractivity contribution in [2.75, 3.05) is 5.75 Å². The molecule has 2 N–H and O–H groups in total. The molecule has 4 aromatic heterocycles. The van der Waals surface area contributed by atoms with Crippen LogP contribution in [0.25, 0.3) is 16.8 Å². The molecule has 1 aliphatic carbocycles. The predicted molar refractivity (Wildman–Crippen MR) is 116 cm³/mol. The van der Waals surface area contributed by atoms with Crippen molar-refractivity contribution < 1.29 is 8.42 Å². The van der Waals surface area contributed by atoms with E-state index in [9.17, 15) is 8.42 Å². The fourth-order valence-corrected chi connectivity index (χ4v) is 5.99. The van der Waals surface area contributed by atoms with Crippen LogP contribution in [0.5, 0.6) is 0 Å². The molecule has 10 nitrogen and oxygen atoms in total. The largest absolute Gasteiger partial charge is 0.345 e. The van der Waals surface area contributed by atoms with Crippen molar-refractivity contribution >= 4 is 26.8 Å². The summed E-state index contributed by atoms with van der Waals surface area (Å²) in [5.74, 6) is 1.34. The number of aryl methyl sites for hydroxylation is 2. The standard InChI is InChI=1S/C20H26N8O2S/c1-3-14-8-15(26-31(29,30)7-6-27-12-13(2)10-23-27)9-16(14)20-25-24-18-11-22-19-17(28(18)20)4-5-21-19/h4-5,10-12,14-16,21,26H,3,6-9H2,1-2H3. The number of sulfonamides is 1. The van der Waals surface area contributed by atoms with Gasteiger partial charge in [0, 0.05) is 24.4 Å². The van der Waals surface area contributed by atoms with Gasteiger partial charge >= 0.3 is 0 Å². The Bertz CT molecular complexity index is 1320. The Kier molecular flexibility index (Phi) is 5.01. The van der Waals surface area contributed by atoms with Gasteiger partial charge in [0.2, 0.25) is 10.0 Å². The zero-order valence-electron chi connectivity index (χ0n) is 17.6. The Hall–Kier alpha value is -2.79. The van der Waals surface area contributed by atoms with E-state index in [0.717, 1.165) is 35.4 Å². The smallest absolute Gasteiger partial charge is 0.213 e. The first-order chi connectivity index (χ1) is 14.9. The number of hydrogen-bond acceptors (Lipinski definition) is 6. The quantitative estimate of drug-likeness (QED) is 0.451. The average molecular weight is 443 g/mol. The summed E-state index contributed by atoms with van der Waals surface area (Å²) in [5.41, 5.74) is 3.44. The van der Waals surface area contributed by atoms with Crippen molar-refractivity contribution in [3.63, 3.8) is 0 Å². The minimum Gasteiger partial charge on any atom is -0.345 e. The van der Waals surface area contributed by atoms with Gasteiger partial charge in [-0.05, 0) is 37.3 Å². The maximum Gasteiger partial charge on any atom is 0.213 e. The maximum absolute atomic E-state index is 12.7. The number of hydrogen-bond donors (Lipinski definition) is 2. The van der Waals surface area contributed by atoms with Crippen LogP contribution in [0.2, 0.25) is 0 Å². The van der Waals surface area contributed by atoms with Gasteiger partial charge < -0.3 is 4.98 Å². The van der Waals surface area contributed by atoms with Crippen LogP contribution in [-0.2, 0) is 16.6 Å². The van der Waals surface area contributed by atoms with Gasteiger partial charge in [0.05, 0.1) is 30.2 Å². The lowest BCUT2D eigenvalue weighted by Crippen LogP contribution is -2.36. The van der Waals surface area contributed by atoms with Crippen LogP contribution < -0.4 is 4.72 Å². The van der Waals surface area contributed by atoms with Gasteiger partial charge in [-0.3, -0.25) is 9.08 Å². The molecule has 11 heteroatoms. The molecule has 31 heavy (non-hydrogen) atoms. The first kappa shape index (κ1) is 20.1. The molecule has 0 radical (unpaired) electrons. The normalized spacial score (nSPS) is 22.1. The summed E-state index contributed by atoms with van der Waals surface area (Å²) in [7, 11) is -3.41. The number of H-pyrrole nitrogens is 1. The van der Waals surface area contributed by atoms with Crippen molar-refractivity contribution in [1.29, 1.82) is 0 Å². The third-order valence-electron chi connectivity index (χ3n) is 6.22. The van der Waals surface area contributed by atoms with Crippen LogP contribution in [-0.4, -0.2) is 54.6 Å². The van der Waals surface area contributed by atoms with Crippen molar-refractivity contribution in [3.8, 4) is 0 Å². The molecule has 3 atom stereocenters. The predicted octanol–water partition coefficient (Wildman–Crippen LogP) is 2.00. The maximum atomic E-state index is 12.7. The third-order valence-corrected chi connectivity index (χ3v) is 7.63. The summed E-state index contributed by atoms with van der Waals surface area (Å²) in [6.45, 7) is 4.42. The van der Waals surface area contributed by atoms with Gasteiger partial charge in [-0.25, -0.2) is 18.1 Å². The number of rotatable bonds is 7. The van der Waals surface area contributed by atoms with Crippen LogP contribution in [0, 0.1) is 12.8 Å². The number of nitrogens with one attached hydrogen (secondary N) is 2. The molecule has 0 spiro atoms. The van der Waals surface area contributed by atoms with Crippen LogP contribution in [0.15, 0.2) is 30.9 Å². The van der Waals surface area contributed by atoms with Gasteiger partial charge in [0.15, 0.2) is 11.3 Å². The molecule has 0 aliphatic heterocycles. The fourth-order valence-electron chi connectivity index (χ4n) is 4.74. The average Bonchev–Trinajstić information content (AvgIpc) is 3.50. The molecule has 5 rings (SSSR count). The third kappa shape index (κ3) is 3.83. The Labute approximate surface area is 180 Å². The topological polar surface area (TPSA) is 123 Å². The second-order valence-corrected chi connectivity index (χ2v) is 10.3. The van der Waals surface area contributed by atoms with Crippen molar-refractivity contribution in [2.45, 2.75) is 51.6 Å². The second-order valence-electron chi connectivity index (χ2n) is 8.38. The van der Waals surface area contributed by atoms with E-state index >= 15 is 0 Å². The Balaban J connectivity index is 1.35. The lowest BCUT2D eigenvalue weighted by molar-refractivity contribution is 0.449. The van der Waals surface area contributed by atoms with Crippen LogP contribution >= 0.6 is 0 Å². The minimum absolute atomic E-state index is 0.00951. The fraction of sp³-hybridized carbons (Fsp3) is 0.500. The first-order valence-electron chi connectivity index (χ1n) is 10.6. The van der Waals surface area contributed by atoms with Gasteiger partial charge in [-0.15, -0.1) is 10.2 Å². The van der Waals surface area contributed by atoms with Crippen molar-refractivity contribution in [3.05, 3.63) is 42.2 Å².